The van der Waals surface area contributed by atoms with Gasteiger partial charge >= 0.3 is 0 Å². The third-order valence-corrected chi connectivity index (χ3v) is 3.89. The van der Waals surface area contributed by atoms with Crippen LogP contribution in [0.25, 0.3) is 0 Å². The molecule has 26 heavy (non-hydrogen) atoms. The van der Waals surface area contributed by atoms with Gasteiger partial charge in [-0.1, -0.05) is 35.5 Å². The van der Waals surface area contributed by atoms with Gasteiger partial charge in [0.15, 0.2) is 0 Å². The summed E-state index contributed by atoms with van der Waals surface area (Å²) >= 11 is 0. The molecule has 7 heteroatoms. The molecule has 0 atom stereocenters. The molecular weight excluding hydrogens is 334 g/mol. The molecule has 0 unspecified atom stereocenters. The fourth-order valence-corrected chi connectivity index (χ4v) is 2.69. The number of nitrogens with zero attached hydrogens (tertiary/aromatic N) is 3. The van der Waals surface area contributed by atoms with E-state index in [1.54, 1.807) is 17.6 Å². The Bertz CT molecular complexity index is 711. The molecule has 1 amide bonds. The van der Waals surface area contributed by atoms with Crippen molar-refractivity contribution in [2.45, 2.75) is 20.1 Å². The third kappa shape index (κ3) is 4.86. The van der Waals surface area contributed by atoms with Crippen molar-refractivity contribution in [3.63, 3.8) is 0 Å². The zero-order chi connectivity index (χ0) is 18.2. The molecule has 0 saturated carbocycles. The average Bonchev–Trinajstić information content (AvgIpc) is 3.03. The molecule has 1 aliphatic heterocycles. The normalized spacial score (nSPS) is 13.8. The summed E-state index contributed by atoms with van der Waals surface area (Å²) in [4.78, 5) is 21.6. The van der Waals surface area contributed by atoms with E-state index in [2.05, 4.69) is 4.98 Å². The van der Waals surface area contributed by atoms with E-state index in [0.29, 0.717) is 39.6 Å². The lowest BCUT2D eigenvalue weighted by Gasteiger charge is -2.25. The molecule has 1 aliphatic rings. The Morgan fingerprint density at radius 2 is 1.85 bits per heavy atom. The highest BCUT2D eigenvalue weighted by molar-refractivity contribution is 5.92. The van der Waals surface area contributed by atoms with Crippen molar-refractivity contribution in [2.24, 2.45) is 0 Å². The lowest BCUT2D eigenvalue weighted by atomic mass is 10.2. The van der Waals surface area contributed by atoms with E-state index in [1.165, 1.54) is 11.9 Å². The van der Waals surface area contributed by atoms with Crippen LogP contribution in [-0.2, 0) is 32.3 Å². The molecule has 0 saturated heterocycles. The lowest BCUT2D eigenvalue weighted by molar-refractivity contribution is -0.183. The van der Waals surface area contributed by atoms with E-state index >= 15 is 0 Å². The number of ether oxygens (including phenoxy) is 2. The number of aromatic nitrogens is 1. The predicted molar refractivity (Wildman–Crippen MR) is 95.8 cm³/mol. The maximum Gasteiger partial charge on any atom is 0.240 e. The summed E-state index contributed by atoms with van der Waals surface area (Å²) in [6.07, 6.45) is 3.37. The minimum absolute atomic E-state index is 0.119. The minimum Gasteiger partial charge on any atom is -0.377 e. The second kappa shape index (κ2) is 9.40. The van der Waals surface area contributed by atoms with Crippen molar-refractivity contribution in [3.05, 3.63) is 59.9 Å². The van der Waals surface area contributed by atoms with Gasteiger partial charge < -0.3 is 9.47 Å². The number of anilines is 1. The van der Waals surface area contributed by atoms with E-state index < -0.39 is 0 Å². The molecule has 0 fully saturated rings. The van der Waals surface area contributed by atoms with Crippen LogP contribution in [0.2, 0.25) is 0 Å². The Labute approximate surface area is 153 Å². The first-order valence-electron chi connectivity index (χ1n) is 8.59. The Balaban J connectivity index is 1.31. The Morgan fingerprint density at radius 1 is 1.08 bits per heavy atom. The zero-order valence-electron chi connectivity index (χ0n) is 14.8. The summed E-state index contributed by atoms with van der Waals surface area (Å²) in [5, 5.41) is 3.04. The van der Waals surface area contributed by atoms with E-state index in [0.717, 1.165) is 16.8 Å². The van der Waals surface area contributed by atoms with E-state index in [-0.39, 0.29) is 5.91 Å². The van der Waals surface area contributed by atoms with Crippen molar-refractivity contribution in [1.29, 1.82) is 0 Å². The molecule has 1 aromatic carbocycles. The van der Waals surface area contributed by atoms with Crippen molar-refractivity contribution < 1.29 is 19.1 Å². The van der Waals surface area contributed by atoms with Crippen LogP contribution < -0.4 is 5.01 Å². The Morgan fingerprint density at radius 3 is 2.65 bits per heavy atom. The molecule has 1 aromatic heterocycles. The Kier molecular flexibility index (Phi) is 6.68. The van der Waals surface area contributed by atoms with Gasteiger partial charge in [-0.05, 0) is 17.2 Å². The van der Waals surface area contributed by atoms with Crippen LogP contribution in [0.3, 0.4) is 0 Å². The van der Waals surface area contributed by atoms with E-state index in [4.69, 9.17) is 14.3 Å². The molecule has 138 valence electrons. The van der Waals surface area contributed by atoms with Crippen molar-refractivity contribution in [2.75, 3.05) is 31.4 Å². The maximum atomic E-state index is 11.9. The molecule has 0 bridgehead atoms. The molecule has 0 spiro atoms. The monoisotopic (exact) mass is 357 g/mol. The van der Waals surface area contributed by atoms with Crippen LogP contribution in [0.15, 0.2) is 48.8 Å². The molecule has 2 aromatic rings. The van der Waals surface area contributed by atoms with Gasteiger partial charge in [-0.25, -0.2) is 5.01 Å². The maximum absolute atomic E-state index is 11.9. The highest BCUT2D eigenvalue weighted by atomic mass is 16.7. The number of pyridine rings is 1. The van der Waals surface area contributed by atoms with Crippen LogP contribution >= 0.6 is 0 Å². The minimum atomic E-state index is -0.119. The van der Waals surface area contributed by atoms with Gasteiger partial charge in [-0.15, -0.1) is 0 Å². The second-order valence-corrected chi connectivity index (χ2v) is 5.83. The number of rotatable bonds is 9. The first-order valence-corrected chi connectivity index (χ1v) is 8.59. The molecular formula is C19H23N3O4. The molecule has 0 N–H and O–H groups in total. The molecule has 3 rings (SSSR count). The number of fused-ring (bicyclic) bond motifs is 1. The van der Waals surface area contributed by atoms with Gasteiger partial charge in [-0.2, -0.15) is 0 Å². The number of hydrogen-bond donors (Lipinski definition) is 0. The van der Waals surface area contributed by atoms with Gasteiger partial charge in [0.25, 0.3) is 0 Å². The average molecular weight is 357 g/mol. The summed E-state index contributed by atoms with van der Waals surface area (Å²) in [6, 6.07) is 11.9. The summed E-state index contributed by atoms with van der Waals surface area (Å²) in [6.45, 7) is 4.38. The third-order valence-electron chi connectivity index (χ3n) is 3.89. The first-order chi connectivity index (χ1) is 12.8. The Hall–Kier alpha value is -2.32. The van der Waals surface area contributed by atoms with Crippen LogP contribution in [-0.4, -0.2) is 42.5 Å². The summed E-state index contributed by atoms with van der Waals surface area (Å²) in [5.74, 6) is -0.119. The van der Waals surface area contributed by atoms with Crippen molar-refractivity contribution >= 4 is 11.6 Å². The van der Waals surface area contributed by atoms with Crippen LogP contribution in [0.5, 0.6) is 0 Å². The smallest absolute Gasteiger partial charge is 0.240 e. The zero-order valence-corrected chi connectivity index (χ0v) is 14.8. The van der Waals surface area contributed by atoms with Crippen molar-refractivity contribution in [3.8, 4) is 0 Å². The first kappa shape index (κ1) is 18.5. The van der Waals surface area contributed by atoms with Gasteiger partial charge in [0, 0.05) is 13.1 Å². The number of benzene rings is 1. The van der Waals surface area contributed by atoms with Crippen LogP contribution in [0, 0.1) is 0 Å². The lowest BCUT2D eigenvalue weighted by Crippen LogP contribution is -2.41. The number of hydroxylamine groups is 1. The number of carbonyl (C=O) groups excluding carboxylic acids is 1. The van der Waals surface area contributed by atoms with Crippen molar-refractivity contribution in [1.82, 2.24) is 10.2 Å². The van der Waals surface area contributed by atoms with Gasteiger partial charge in [0.1, 0.15) is 0 Å². The quantitative estimate of drug-likeness (QED) is 0.642. The highest BCUT2D eigenvalue weighted by Gasteiger charge is 2.31. The molecule has 0 radical (unpaired) electrons. The topological polar surface area (TPSA) is 64.1 Å². The van der Waals surface area contributed by atoms with Crippen LogP contribution in [0.1, 0.15) is 18.1 Å². The van der Waals surface area contributed by atoms with E-state index in [1.807, 2.05) is 36.4 Å². The largest absolute Gasteiger partial charge is 0.377 e. The van der Waals surface area contributed by atoms with Gasteiger partial charge in [0.2, 0.25) is 5.91 Å². The summed E-state index contributed by atoms with van der Waals surface area (Å²) < 4.78 is 11.1. The fraction of sp³-hybridized carbons (Fsp3) is 0.368. The summed E-state index contributed by atoms with van der Waals surface area (Å²) in [5.41, 5.74) is 2.91. The standard InChI is InChI=1S/C19H23N3O4/c1-16(23)22-19-13-20-8-7-18(19)14-21(22)26-12-11-24-9-10-25-15-17-5-3-2-4-6-17/h2-8,13H,9-12,14-15H2,1H3. The number of hydrogen-bond acceptors (Lipinski definition) is 6. The number of carbonyl (C=O) groups is 1. The highest BCUT2D eigenvalue weighted by Crippen LogP contribution is 2.30. The van der Waals surface area contributed by atoms with E-state index in [9.17, 15) is 4.79 Å². The van der Waals surface area contributed by atoms with Gasteiger partial charge in [0.05, 0.1) is 51.5 Å². The van der Waals surface area contributed by atoms with Gasteiger partial charge in [-0.3, -0.25) is 14.6 Å². The summed E-state index contributed by atoms with van der Waals surface area (Å²) in [7, 11) is 0. The molecule has 2 heterocycles. The molecule has 7 nitrogen and oxygen atoms in total. The predicted octanol–water partition coefficient (Wildman–Crippen LogP) is 2.33. The SMILES string of the molecule is CC(=O)N1c2cnccc2CN1OCCOCCOCc1ccccc1. The number of hydrazine groups is 1. The fourth-order valence-electron chi connectivity index (χ4n) is 2.69. The second-order valence-electron chi connectivity index (χ2n) is 5.83. The number of amides is 1. The molecule has 0 aliphatic carbocycles. The van der Waals surface area contributed by atoms with Crippen LogP contribution in [0.4, 0.5) is 5.69 Å².